The Bertz CT molecular complexity index is 907. The second-order valence-electron chi connectivity index (χ2n) is 5.99. The summed E-state index contributed by atoms with van der Waals surface area (Å²) in [5.74, 6) is -0.887. The molecule has 0 fully saturated rings. The molecular formula is C20H24N2O5S. The van der Waals surface area contributed by atoms with Gasteiger partial charge in [0.2, 0.25) is 10.0 Å². The Morgan fingerprint density at radius 3 is 2.07 bits per heavy atom. The predicted molar refractivity (Wildman–Crippen MR) is 105 cm³/mol. The molecule has 2 rings (SSSR count). The average Bonchev–Trinajstić information content (AvgIpc) is 2.73. The Morgan fingerprint density at radius 2 is 1.57 bits per heavy atom. The van der Waals surface area contributed by atoms with Crippen molar-refractivity contribution in [3.8, 4) is 0 Å². The lowest BCUT2D eigenvalue weighted by molar-refractivity contribution is -0.142. The van der Waals surface area contributed by atoms with Gasteiger partial charge in [-0.2, -0.15) is 4.72 Å². The number of nitrogens with one attached hydrogen (secondary N) is 1. The maximum atomic E-state index is 12.7. The second kappa shape index (κ2) is 9.48. The highest BCUT2D eigenvalue weighted by Crippen LogP contribution is 2.19. The van der Waals surface area contributed by atoms with Gasteiger partial charge in [-0.25, -0.2) is 13.2 Å². The van der Waals surface area contributed by atoms with Crippen LogP contribution in [0.4, 0.5) is 0 Å². The number of carbonyl (C=O) groups excluding carboxylic acids is 2. The standard InChI is InChI=1S/C20H24N2O5S/c1-4-22(5-2)19(23)16-11-13-17(14-12-16)28(25,26)21-18(20(24)27-3)15-9-7-6-8-10-15/h6-14,18,21H,4-5H2,1-3H3. The zero-order valence-corrected chi connectivity index (χ0v) is 16.9. The Kier molecular flexibility index (Phi) is 7.31. The number of benzene rings is 2. The number of amides is 1. The fourth-order valence-corrected chi connectivity index (χ4v) is 3.88. The molecule has 0 aliphatic rings. The van der Waals surface area contributed by atoms with Crippen molar-refractivity contribution in [3.63, 3.8) is 0 Å². The van der Waals surface area contributed by atoms with Crippen LogP contribution in [0.5, 0.6) is 0 Å². The second-order valence-corrected chi connectivity index (χ2v) is 7.70. The number of esters is 1. The number of ether oxygens (including phenoxy) is 1. The van der Waals surface area contributed by atoms with Crippen molar-refractivity contribution in [2.24, 2.45) is 0 Å². The van der Waals surface area contributed by atoms with Crippen molar-refractivity contribution in [1.82, 2.24) is 9.62 Å². The average molecular weight is 404 g/mol. The van der Waals surface area contributed by atoms with Gasteiger partial charge in [0.05, 0.1) is 12.0 Å². The number of carbonyl (C=O) groups is 2. The third-order valence-corrected chi connectivity index (χ3v) is 5.74. The molecule has 1 atom stereocenters. The first-order chi connectivity index (χ1) is 13.3. The number of methoxy groups -OCH3 is 1. The maximum Gasteiger partial charge on any atom is 0.328 e. The van der Waals surface area contributed by atoms with Crippen LogP contribution in [0.15, 0.2) is 59.5 Å². The highest BCUT2D eigenvalue weighted by molar-refractivity contribution is 7.89. The molecule has 0 heterocycles. The van der Waals surface area contributed by atoms with Crippen molar-refractivity contribution in [2.45, 2.75) is 24.8 Å². The van der Waals surface area contributed by atoms with Crippen molar-refractivity contribution in [2.75, 3.05) is 20.2 Å². The zero-order valence-electron chi connectivity index (χ0n) is 16.1. The van der Waals surface area contributed by atoms with Gasteiger partial charge in [-0.1, -0.05) is 30.3 Å². The van der Waals surface area contributed by atoms with Crippen molar-refractivity contribution in [3.05, 3.63) is 65.7 Å². The van der Waals surface area contributed by atoms with E-state index < -0.39 is 22.0 Å². The predicted octanol–water partition coefficient (Wildman–Crippen LogP) is 2.36. The summed E-state index contributed by atoms with van der Waals surface area (Å²) in [6.07, 6.45) is 0. The van der Waals surface area contributed by atoms with E-state index in [9.17, 15) is 18.0 Å². The lowest BCUT2D eigenvalue weighted by atomic mass is 10.1. The first-order valence-electron chi connectivity index (χ1n) is 8.88. The van der Waals surface area contributed by atoms with E-state index in [1.807, 2.05) is 13.8 Å². The summed E-state index contributed by atoms with van der Waals surface area (Å²) >= 11 is 0. The molecule has 1 amide bonds. The molecule has 7 nitrogen and oxygen atoms in total. The molecule has 1 N–H and O–H groups in total. The SMILES string of the molecule is CCN(CC)C(=O)c1ccc(S(=O)(=O)NC(C(=O)OC)c2ccccc2)cc1. The number of sulfonamides is 1. The van der Waals surface area contributed by atoms with Crippen LogP contribution in [0.3, 0.4) is 0 Å². The molecule has 1 unspecified atom stereocenters. The van der Waals surface area contributed by atoms with Gasteiger partial charge < -0.3 is 9.64 Å². The summed E-state index contributed by atoms with van der Waals surface area (Å²) in [6, 6.07) is 12.9. The van der Waals surface area contributed by atoms with Gasteiger partial charge in [-0.15, -0.1) is 0 Å². The van der Waals surface area contributed by atoms with Crippen molar-refractivity contribution >= 4 is 21.9 Å². The Balaban J connectivity index is 2.28. The van der Waals surface area contributed by atoms with E-state index in [4.69, 9.17) is 4.74 Å². The van der Waals surface area contributed by atoms with E-state index in [2.05, 4.69) is 4.72 Å². The molecule has 0 saturated carbocycles. The number of nitrogens with zero attached hydrogens (tertiary/aromatic N) is 1. The fraction of sp³-hybridized carbons (Fsp3) is 0.300. The Morgan fingerprint density at radius 1 is 1.00 bits per heavy atom. The van der Waals surface area contributed by atoms with Gasteiger partial charge in [0.25, 0.3) is 5.91 Å². The Hall–Kier alpha value is -2.71. The minimum Gasteiger partial charge on any atom is -0.468 e. The number of rotatable bonds is 8. The molecule has 0 aliphatic heterocycles. The van der Waals surface area contributed by atoms with Crippen LogP contribution in [0.1, 0.15) is 35.8 Å². The summed E-state index contributed by atoms with van der Waals surface area (Å²) in [7, 11) is -2.82. The molecule has 2 aromatic carbocycles. The van der Waals surface area contributed by atoms with Crippen LogP contribution in [0, 0.1) is 0 Å². The first-order valence-corrected chi connectivity index (χ1v) is 10.4. The minimum atomic E-state index is -4.01. The molecule has 150 valence electrons. The van der Waals surface area contributed by atoms with Gasteiger partial charge in [-0.05, 0) is 43.7 Å². The summed E-state index contributed by atoms with van der Waals surface area (Å²) < 4.78 is 32.6. The lowest BCUT2D eigenvalue weighted by Gasteiger charge is -2.19. The summed E-state index contributed by atoms with van der Waals surface area (Å²) in [5, 5.41) is 0. The van der Waals surface area contributed by atoms with Gasteiger partial charge in [0.1, 0.15) is 6.04 Å². The zero-order chi connectivity index (χ0) is 20.7. The molecule has 0 radical (unpaired) electrons. The van der Waals surface area contributed by atoms with Crippen LogP contribution < -0.4 is 4.72 Å². The third kappa shape index (κ3) is 4.96. The number of hydrogen-bond acceptors (Lipinski definition) is 5. The summed E-state index contributed by atoms with van der Waals surface area (Å²) in [5.41, 5.74) is 0.862. The monoisotopic (exact) mass is 404 g/mol. The van der Waals surface area contributed by atoms with Crippen LogP contribution in [0.2, 0.25) is 0 Å². The van der Waals surface area contributed by atoms with Crippen LogP contribution in [-0.2, 0) is 19.6 Å². The molecule has 0 aliphatic carbocycles. The Labute approximate surface area is 165 Å². The molecule has 8 heteroatoms. The molecule has 0 saturated heterocycles. The first kappa shape index (κ1) is 21.6. The van der Waals surface area contributed by atoms with Crippen LogP contribution in [0.25, 0.3) is 0 Å². The molecule has 0 aromatic heterocycles. The third-order valence-electron chi connectivity index (χ3n) is 4.31. The van der Waals surface area contributed by atoms with Crippen molar-refractivity contribution < 1.29 is 22.7 Å². The summed E-state index contributed by atoms with van der Waals surface area (Å²) in [4.78, 5) is 26.1. The topological polar surface area (TPSA) is 92.8 Å². The van der Waals surface area contributed by atoms with Gasteiger partial charge in [0, 0.05) is 18.7 Å². The molecule has 0 bridgehead atoms. The van der Waals surface area contributed by atoms with E-state index in [-0.39, 0.29) is 10.8 Å². The smallest absolute Gasteiger partial charge is 0.328 e. The van der Waals surface area contributed by atoms with Crippen molar-refractivity contribution in [1.29, 1.82) is 0 Å². The van der Waals surface area contributed by atoms with E-state index in [0.29, 0.717) is 24.2 Å². The number of hydrogen-bond donors (Lipinski definition) is 1. The minimum absolute atomic E-state index is 0.0477. The fourth-order valence-electron chi connectivity index (χ4n) is 2.71. The highest BCUT2D eigenvalue weighted by Gasteiger charge is 2.28. The molecule has 2 aromatic rings. The maximum absolute atomic E-state index is 12.7. The van der Waals surface area contributed by atoms with Crippen LogP contribution >= 0.6 is 0 Å². The van der Waals surface area contributed by atoms with Gasteiger partial charge in [0.15, 0.2) is 0 Å². The molecular weight excluding hydrogens is 380 g/mol. The molecule has 0 spiro atoms. The quantitative estimate of drug-likeness (QED) is 0.682. The van der Waals surface area contributed by atoms with Crippen LogP contribution in [-0.4, -0.2) is 45.4 Å². The normalized spacial score (nSPS) is 12.2. The van der Waals surface area contributed by atoms with E-state index in [1.165, 1.54) is 31.4 Å². The highest BCUT2D eigenvalue weighted by atomic mass is 32.2. The van der Waals surface area contributed by atoms with E-state index in [0.717, 1.165) is 0 Å². The lowest BCUT2D eigenvalue weighted by Crippen LogP contribution is -2.34. The summed E-state index contributed by atoms with van der Waals surface area (Å²) in [6.45, 7) is 4.88. The van der Waals surface area contributed by atoms with E-state index >= 15 is 0 Å². The van der Waals surface area contributed by atoms with Gasteiger partial charge in [-0.3, -0.25) is 4.79 Å². The largest absolute Gasteiger partial charge is 0.468 e. The van der Waals surface area contributed by atoms with E-state index in [1.54, 1.807) is 35.2 Å². The molecule has 28 heavy (non-hydrogen) atoms. The van der Waals surface area contributed by atoms with Gasteiger partial charge >= 0.3 is 5.97 Å².